The molecule has 1 unspecified atom stereocenters. The molecule has 0 saturated heterocycles. The van der Waals surface area contributed by atoms with Crippen LogP contribution < -0.4 is 4.74 Å². The Balaban J connectivity index is 1.54. The Labute approximate surface area is 161 Å². The Morgan fingerprint density at radius 3 is 2.36 bits per heavy atom. The SMILES string of the molecule is OC1Oc2ccc(-c3ccc4oc5ccccc5c4c3)cc2-c2ccccc21. The van der Waals surface area contributed by atoms with Gasteiger partial charge < -0.3 is 14.3 Å². The number of para-hydroxylation sites is 1. The molecule has 0 amide bonds. The molecule has 134 valence electrons. The van der Waals surface area contributed by atoms with Crippen molar-refractivity contribution in [1.82, 2.24) is 0 Å². The summed E-state index contributed by atoms with van der Waals surface area (Å²) in [4.78, 5) is 0. The van der Waals surface area contributed by atoms with Gasteiger partial charge in [-0.05, 0) is 47.0 Å². The molecule has 4 aromatic carbocycles. The predicted molar refractivity (Wildman–Crippen MR) is 110 cm³/mol. The zero-order chi connectivity index (χ0) is 18.7. The second-order valence-electron chi connectivity index (χ2n) is 7.08. The number of ether oxygens (including phenoxy) is 1. The van der Waals surface area contributed by atoms with E-state index in [2.05, 4.69) is 24.3 Å². The lowest BCUT2D eigenvalue weighted by molar-refractivity contribution is -0.0212. The topological polar surface area (TPSA) is 42.6 Å². The molecular weight excluding hydrogens is 348 g/mol. The first-order chi connectivity index (χ1) is 13.8. The van der Waals surface area contributed by atoms with E-state index in [9.17, 15) is 5.11 Å². The van der Waals surface area contributed by atoms with Crippen LogP contribution in [0.1, 0.15) is 11.9 Å². The van der Waals surface area contributed by atoms with Gasteiger partial charge in [-0.3, -0.25) is 0 Å². The smallest absolute Gasteiger partial charge is 0.224 e. The largest absolute Gasteiger partial charge is 0.460 e. The summed E-state index contributed by atoms with van der Waals surface area (Å²) in [5.41, 5.74) is 6.80. The summed E-state index contributed by atoms with van der Waals surface area (Å²) < 4.78 is 11.6. The van der Waals surface area contributed by atoms with Crippen molar-refractivity contribution in [2.24, 2.45) is 0 Å². The fraction of sp³-hybridized carbons (Fsp3) is 0.0400. The van der Waals surface area contributed by atoms with Gasteiger partial charge in [0.2, 0.25) is 6.29 Å². The van der Waals surface area contributed by atoms with Crippen LogP contribution in [0.25, 0.3) is 44.2 Å². The third-order valence-electron chi connectivity index (χ3n) is 5.45. The van der Waals surface area contributed by atoms with E-state index in [4.69, 9.17) is 9.15 Å². The summed E-state index contributed by atoms with van der Waals surface area (Å²) in [6.45, 7) is 0. The van der Waals surface area contributed by atoms with Crippen LogP contribution in [0.5, 0.6) is 5.75 Å². The first kappa shape index (κ1) is 15.5. The average molecular weight is 364 g/mol. The van der Waals surface area contributed by atoms with Crippen molar-refractivity contribution in [3.8, 4) is 28.0 Å². The monoisotopic (exact) mass is 364 g/mol. The molecule has 0 radical (unpaired) electrons. The van der Waals surface area contributed by atoms with Crippen LogP contribution in [0.4, 0.5) is 0 Å². The van der Waals surface area contributed by atoms with E-state index in [-0.39, 0.29) is 0 Å². The molecule has 0 spiro atoms. The van der Waals surface area contributed by atoms with E-state index in [1.807, 2.05) is 60.7 Å². The van der Waals surface area contributed by atoms with Gasteiger partial charge in [-0.2, -0.15) is 0 Å². The van der Waals surface area contributed by atoms with E-state index >= 15 is 0 Å². The highest BCUT2D eigenvalue weighted by atomic mass is 16.6. The number of hydrogen-bond acceptors (Lipinski definition) is 3. The van der Waals surface area contributed by atoms with Crippen molar-refractivity contribution in [2.75, 3.05) is 0 Å². The molecule has 1 atom stereocenters. The van der Waals surface area contributed by atoms with Crippen LogP contribution in [0.3, 0.4) is 0 Å². The maximum atomic E-state index is 10.3. The number of benzene rings is 4. The Hall–Kier alpha value is -3.56. The van der Waals surface area contributed by atoms with Gasteiger partial charge in [-0.1, -0.05) is 54.6 Å². The highest BCUT2D eigenvalue weighted by Crippen LogP contribution is 2.43. The zero-order valence-corrected chi connectivity index (χ0v) is 14.9. The molecule has 3 heteroatoms. The predicted octanol–water partition coefficient (Wildman–Crippen LogP) is 6.30. The van der Waals surface area contributed by atoms with E-state index in [0.717, 1.165) is 49.8 Å². The Morgan fingerprint density at radius 1 is 0.643 bits per heavy atom. The molecule has 1 aromatic heterocycles. The molecule has 3 nitrogen and oxygen atoms in total. The van der Waals surface area contributed by atoms with E-state index in [1.54, 1.807) is 0 Å². The lowest BCUT2D eigenvalue weighted by atomic mass is 9.93. The van der Waals surface area contributed by atoms with Crippen molar-refractivity contribution < 1.29 is 14.3 Å². The van der Waals surface area contributed by atoms with Crippen LogP contribution in [-0.2, 0) is 0 Å². The lowest BCUT2D eigenvalue weighted by Gasteiger charge is -2.25. The minimum Gasteiger partial charge on any atom is -0.460 e. The maximum Gasteiger partial charge on any atom is 0.224 e. The summed E-state index contributed by atoms with van der Waals surface area (Å²) in [6.07, 6.45) is -0.928. The molecule has 1 aliphatic rings. The van der Waals surface area contributed by atoms with Crippen LogP contribution in [0, 0.1) is 0 Å². The third kappa shape index (κ3) is 2.20. The van der Waals surface area contributed by atoms with Crippen molar-refractivity contribution in [2.45, 2.75) is 6.29 Å². The maximum absolute atomic E-state index is 10.3. The van der Waals surface area contributed by atoms with Crippen molar-refractivity contribution in [3.63, 3.8) is 0 Å². The highest BCUT2D eigenvalue weighted by molar-refractivity contribution is 6.06. The Kier molecular flexibility index (Phi) is 3.16. The molecule has 5 aromatic rings. The molecular formula is C25H16O3. The second-order valence-corrected chi connectivity index (χ2v) is 7.08. The highest BCUT2D eigenvalue weighted by Gasteiger charge is 2.24. The van der Waals surface area contributed by atoms with Gasteiger partial charge >= 0.3 is 0 Å². The van der Waals surface area contributed by atoms with Crippen LogP contribution in [0.15, 0.2) is 89.3 Å². The van der Waals surface area contributed by atoms with E-state index in [0.29, 0.717) is 5.75 Å². The Bertz CT molecular complexity index is 1360. The van der Waals surface area contributed by atoms with Gasteiger partial charge in [0.15, 0.2) is 0 Å². The zero-order valence-electron chi connectivity index (χ0n) is 14.9. The average Bonchev–Trinajstić information content (AvgIpc) is 3.12. The van der Waals surface area contributed by atoms with E-state index in [1.165, 1.54) is 0 Å². The van der Waals surface area contributed by atoms with Gasteiger partial charge in [0.05, 0.1) is 0 Å². The number of rotatable bonds is 1. The van der Waals surface area contributed by atoms with Gasteiger partial charge in [-0.25, -0.2) is 0 Å². The lowest BCUT2D eigenvalue weighted by Crippen LogP contribution is -2.13. The van der Waals surface area contributed by atoms with Crippen LogP contribution >= 0.6 is 0 Å². The van der Waals surface area contributed by atoms with Crippen molar-refractivity contribution in [1.29, 1.82) is 0 Å². The minimum absolute atomic E-state index is 0.699. The summed E-state index contributed by atoms with van der Waals surface area (Å²) in [7, 11) is 0. The minimum atomic E-state index is -0.928. The number of aliphatic hydroxyl groups excluding tert-OH is 1. The molecule has 0 fully saturated rings. The normalized spacial score (nSPS) is 15.2. The van der Waals surface area contributed by atoms with Crippen molar-refractivity contribution >= 4 is 21.9 Å². The molecule has 0 aliphatic carbocycles. The summed E-state index contributed by atoms with van der Waals surface area (Å²) >= 11 is 0. The van der Waals surface area contributed by atoms with Gasteiger partial charge in [0.25, 0.3) is 0 Å². The number of furan rings is 1. The molecule has 0 saturated carbocycles. The fourth-order valence-corrected chi connectivity index (χ4v) is 4.07. The quantitative estimate of drug-likeness (QED) is 0.379. The second kappa shape index (κ2) is 5.72. The molecule has 28 heavy (non-hydrogen) atoms. The molecule has 1 aliphatic heterocycles. The fourth-order valence-electron chi connectivity index (χ4n) is 4.07. The molecule has 6 rings (SSSR count). The molecule has 0 bridgehead atoms. The Morgan fingerprint density at radius 2 is 1.39 bits per heavy atom. The first-order valence-corrected chi connectivity index (χ1v) is 9.28. The third-order valence-corrected chi connectivity index (χ3v) is 5.45. The van der Waals surface area contributed by atoms with Crippen LogP contribution in [0.2, 0.25) is 0 Å². The standard InChI is InChI=1S/C25H16O3/c26-25-19-7-2-1-5-17(19)20-13-15(10-12-24(20)28-25)16-9-11-23-21(14-16)18-6-3-4-8-22(18)27-23/h1-14,25-26H. The van der Waals surface area contributed by atoms with Gasteiger partial charge in [-0.15, -0.1) is 0 Å². The van der Waals surface area contributed by atoms with E-state index < -0.39 is 6.29 Å². The number of hydrogen-bond donors (Lipinski definition) is 1. The van der Waals surface area contributed by atoms with Gasteiger partial charge in [0.1, 0.15) is 16.9 Å². The first-order valence-electron chi connectivity index (χ1n) is 9.28. The summed E-state index contributed by atoms with van der Waals surface area (Å²) in [5, 5.41) is 12.5. The molecule has 2 heterocycles. The number of aliphatic hydroxyl groups is 1. The summed E-state index contributed by atoms with van der Waals surface area (Å²) in [5.74, 6) is 0.699. The van der Waals surface area contributed by atoms with Crippen LogP contribution in [-0.4, -0.2) is 5.11 Å². The summed E-state index contributed by atoms with van der Waals surface area (Å²) in [6, 6.07) is 28.3. The number of fused-ring (bicyclic) bond motifs is 6. The van der Waals surface area contributed by atoms with Crippen molar-refractivity contribution in [3.05, 3.63) is 90.5 Å². The molecule has 1 N–H and O–H groups in total. The van der Waals surface area contributed by atoms with Gasteiger partial charge in [0, 0.05) is 21.9 Å².